The van der Waals surface area contributed by atoms with E-state index in [4.69, 9.17) is 4.74 Å². The fourth-order valence-electron chi connectivity index (χ4n) is 1.66. The molecule has 0 fully saturated rings. The molecule has 0 bridgehead atoms. The summed E-state index contributed by atoms with van der Waals surface area (Å²) < 4.78 is 5.21. The Labute approximate surface area is 102 Å². The van der Waals surface area contributed by atoms with Gasteiger partial charge in [-0.1, -0.05) is 19.8 Å². The van der Waals surface area contributed by atoms with Gasteiger partial charge in [-0.15, -0.1) is 11.3 Å². The van der Waals surface area contributed by atoms with Gasteiger partial charge < -0.3 is 10.1 Å². The Bertz CT molecular complexity index is 252. The Morgan fingerprint density at radius 3 is 3.06 bits per heavy atom. The van der Waals surface area contributed by atoms with Gasteiger partial charge in [-0.05, 0) is 6.42 Å². The lowest BCUT2D eigenvalue weighted by atomic mass is 10.1. The van der Waals surface area contributed by atoms with Gasteiger partial charge in [-0.3, -0.25) is 0 Å². The monoisotopic (exact) mass is 242 g/mol. The average Bonchev–Trinajstić information content (AvgIpc) is 2.79. The fraction of sp³-hybridized carbons (Fsp3) is 0.750. The number of unbranched alkanes of at least 4 members (excludes halogenated alkanes) is 1. The summed E-state index contributed by atoms with van der Waals surface area (Å²) in [5.74, 6) is 0. The highest BCUT2D eigenvalue weighted by molar-refractivity contribution is 7.09. The molecule has 16 heavy (non-hydrogen) atoms. The number of thiazole rings is 1. The smallest absolute Gasteiger partial charge is 0.0937 e. The second-order valence-electron chi connectivity index (χ2n) is 3.92. The summed E-state index contributed by atoms with van der Waals surface area (Å²) in [7, 11) is 1.77. The fourth-order valence-corrected chi connectivity index (χ4v) is 2.28. The first-order valence-corrected chi connectivity index (χ1v) is 6.85. The zero-order valence-electron chi connectivity index (χ0n) is 10.2. The van der Waals surface area contributed by atoms with E-state index in [9.17, 15) is 0 Å². The van der Waals surface area contributed by atoms with E-state index >= 15 is 0 Å². The Morgan fingerprint density at radius 2 is 2.44 bits per heavy atom. The molecule has 1 aromatic heterocycles. The predicted molar refractivity (Wildman–Crippen MR) is 69.0 cm³/mol. The van der Waals surface area contributed by atoms with Crippen LogP contribution >= 0.6 is 11.3 Å². The lowest BCUT2D eigenvalue weighted by Crippen LogP contribution is -2.34. The van der Waals surface area contributed by atoms with E-state index in [-0.39, 0.29) is 0 Å². The van der Waals surface area contributed by atoms with Crippen molar-refractivity contribution in [2.45, 2.75) is 38.6 Å². The van der Waals surface area contributed by atoms with Gasteiger partial charge in [-0.2, -0.15) is 0 Å². The SMILES string of the molecule is CCCCC(COC)NCCc1nccs1. The molecule has 4 heteroatoms. The van der Waals surface area contributed by atoms with Gasteiger partial charge in [-0.25, -0.2) is 4.98 Å². The highest BCUT2D eigenvalue weighted by Gasteiger charge is 2.06. The van der Waals surface area contributed by atoms with Gasteiger partial charge in [0.05, 0.1) is 11.6 Å². The molecule has 0 spiro atoms. The minimum Gasteiger partial charge on any atom is -0.383 e. The predicted octanol–water partition coefficient (Wildman–Crippen LogP) is 2.48. The van der Waals surface area contributed by atoms with Crippen molar-refractivity contribution in [3.63, 3.8) is 0 Å². The molecule has 3 nitrogen and oxygen atoms in total. The summed E-state index contributed by atoms with van der Waals surface area (Å²) in [6, 6.07) is 0.491. The molecule has 0 aromatic carbocycles. The molecule has 0 aliphatic rings. The molecule has 0 saturated carbocycles. The van der Waals surface area contributed by atoms with Crippen molar-refractivity contribution in [3.05, 3.63) is 16.6 Å². The number of hydrogen-bond acceptors (Lipinski definition) is 4. The third kappa shape index (κ3) is 5.58. The van der Waals surface area contributed by atoms with Crippen LogP contribution in [0.15, 0.2) is 11.6 Å². The van der Waals surface area contributed by atoms with Crippen LogP contribution in [0.3, 0.4) is 0 Å². The molecule has 0 saturated heterocycles. The van der Waals surface area contributed by atoms with Crippen LogP contribution in [0.2, 0.25) is 0 Å². The number of nitrogens with one attached hydrogen (secondary N) is 1. The number of rotatable bonds is 9. The minimum atomic E-state index is 0.491. The van der Waals surface area contributed by atoms with Crippen LogP contribution in [0.25, 0.3) is 0 Å². The van der Waals surface area contributed by atoms with Crippen LogP contribution in [0.1, 0.15) is 31.2 Å². The Hall–Kier alpha value is -0.450. The van der Waals surface area contributed by atoms with Crippen LogP contribution in [0.4, 0.5) is 0 Å². The van der Waals surface area contributed by atoms with Gasteiger partial charge >= 0.3 is 0 Å². The van der Waals surface area contributed by atoms with Gasteiger partial charge in [0, 0.05) is 37.7 Å². The summed E-state index contributed by atoms with van der Waals surface area (Å²) in [4.78, 5) is 4.27. The Kier molecular flexibility index (Phi) is 7.38. The van der Waals surface area contributed by atoms with Gasteiger partial charge in [0.15, 0.2) is 0 Å². The largest absolute Gasteiger partial charge is 0.383 e. The lowest BCUT2D eigenvalue weighted by Gasteiger charge is -2.17. The normalized spacial score (nSPS) is 12.9. The summed E-state index contributed by atoms with van der Waals surface area (Å²) in [6.45, 7) is 4.02. The Morgan fingerprint density at radius 1 is 1.56 bits per heavy atom. The molecule has 1 aromatic rings. The van der Waals surface area contributed by atoms with E-state index in [0.717, 1.165) is 19.6 Å². The summed E-state index contributed by atoms with van der Waals surface area (Å²) in [5.41, 5.74) is 0. The van der Waals surface area contributed by atoms with Crippen molar-refractivity contribution in [3.8, 4) is 0 Å². The first-order valence-electron chi connectivity index (χ1n) is 5.97. The standard InChI is InChI=1S/C12H22N2OS/c1-3-4-5-11(10-15-2)13-7-6-12-14-8-9-16-12/h8-9,11,13H,3-7,10H2,1-2H3. The van der Waals surface area contributed by atoms with Gasteiger partial charge in [0.2, 0.25) is 0 Å². The number of hydrogen-bond donors (Lipinski definition) is 1. The van der Waals surface area contributed by atoms with Crippen molar-refractivity contribution in [2.75, 3.05) is 20.3 Å². The molecule has 0 amide bonds. The lowest BCUT2D eigenvalue weighted by molar-refractivity contribution is 0.161. The molecule has 1 unspecified atom stereocenters. The van der Waals surface area contributed by atoms with E-state index < -0.39 is 0 Å². The minimum absolute atomic E-state index is 0.491. The Balaban J connectivity index is 2.15. The van der Waals surface area contributed by atoms with Crippen molar-refractivity contribution in [1.82, 2.24) is 10.3 Å². The molecule has 0 aliphatic carbocycles. The third-order valence-corrected chi connectivity index (χ3v) is 3.37. The number of methoxy groups -OCH3 is 1. The quantitative estimate of drug-likeness (QED) is 0.722. The summed E-state index contributed by atoms with van der Waals surface area (Å²) in [6.07, 6.45) is 6.59. The maximum Gasteiger partial charge on any atom is 0.0937 e. The molecule has 92 valence electrons. The maximum atomic E-state index is 5.21. The first-order chi connectivity index (χ1) is 7.86. The molecular weight excluding hydrogens is 220 g/mol. The second kappa shape index (κ2) is 8.67. The zero-order chi connectivity index (χ0) is 11.6. The summed E-state index contributed by atoms with van der Waals surface area (Å²) >= 11 is 1.72. The van der Waals surface area contributed by atoms with Crippen LogP contribution in [-0.4, -0.2) is 31.3 Å². The van der Waals surface area contributed by atoms with Crippen LogP contribution in [0.5, 0.6) is 0 Å². The molecule has 1 N–H and O–H groups in total. The average molecular weight is 242 g/mol. The third-order valence-electron chi connectivity index (χ3n) is 2.53. The van der Waals surface area contributed by atoms with Crippen molar-refractivity contribution in [2.24, 2.45) is 0 Å². The number of ether oxygens (including phenoxy) is 1. The molecule has 0 aliphatic heterocycles. The van der Waals surface area contributed by atoms with E-state index in [1.54, 1.807) is 18.4 Å². The summed E-state index contributed by atoms with van der Waals surface area (Å²) in [5, 5.41) is 6.77. The molecule has 1 rings (SSSR count). The van der Waals surface area contributed by atoms with Gasteiger partial charge in [0.25, 0.3) is 0 Å². The van der Waals surface area contributed by atoms with E-state index in [2.05, 4.69) is 17.2 Å². The number of nitrogens with zero attached hydrogens (tertiary/aromatic N) is 1. The van der Waals surface area contributed by atoms with Crippen molar-refractivity contribution in [1.29, 1.82) is 0 Å². The maximum absolute atomic E-state index is 5.21. The second-order valence-corrected chi connectivity index (χ2v) is 4.90. The molecular formula is C12H22N2OS. The van der Waals surface area contributed by atoms with E-state index in [0.29, 0.717) is 6.04 Å². The topological polar surface area (TPSA) is 34.1 Å². The highest BCUT2D eigenvalue weighted by Crippen LogP contribution is 2.05. The van der Waals surface area contributed by atoms with E-state index in [1.807, 2.05) is 11.6 Å². The van der Waals surface area contributed by atoms with E-state index in [1.165, 1.54) is 24.3 Å². The first kappa shape index (κ1) is 13.6. The highest BCUT2D eigenvalue weighted by atomic mass is 32.1. The van der Waals surface area contributed by atoms with Crippen molar-refractivity contribution < 1.29 is 4.74 Å². The van der Waals surface area contributed by atoms with Gasteiger partial charge in [0.1, 0.15) is 0 Å². The molecule has 1 heterocycles. The molecule has 0 radical (unpaired) electrons. The van der Waals surface area contributed by atoms with Crippen LogP contribution in [-0.2, 0) is 11.2 Å². The zero-order valence-corrected chi connectivity index (χ0v) is 11.1. The number of aromatic nitrogens is 1. The van der Waals surface area contributed by atoms with Crippen molar-refractivity contribution >= 4 is 11.3 Å². The van der Waals surface area contributed by atoms with Crippen LogP contribution in [0, 0.1) is 0 Å². The molecule has 1 atom stereocenters. The van der Waals surface area contributed by atoms with Crippen LogP contribution < -0.4 is 5.32 Å².